The molecule has 7 nitrogen and oxygen atoms in total. The maximum absolute atomic E-state index is 12.4. The molecular formula is C23H31N3O4S. The van der Waals surface area contributed by atoms with Crippen molar-refractivity contribution in [3.8, 4) is 17.1 Å². The van der Waals surface area contributed by atoms with E-state index in [9.17, 15) is 13.2 Å². The molecule has 1 aliphatic rings. The first-order chi connectivity index (χ1) is 14.5. The van der Waals surface area contributed by atoms with E-state index in [0.717, 1.165) is 31.5 Å². The molecule has 0 aliphatic carbocycles. The average molecular weight is 446 g/mol. The van der Waals surface area contributed by atoms with Crippen LogP contribution in [-0.4, -0.2) is 55.1 Å². The van der Waals surface area contributed by atoms with Crippen LogP contribution in [0.2, 0.25) is 0 Å². The van der Waals surface area contributed by atoms with E-state index in [1.165, 1.54) is 6.26 Å². The van der Waals surface area contributed by atoms with Crippen molar-refractivity contribution in [3.63, 3.8) is 0 Å². The second-order valence-corrected chi connectivity index (χ2v) is 11.4. The van der Waals surface area contributed by atoms with E-state index in [4.69, 9.17) is 4.74 Å². The molecule has 1 aromatic heterocycles. The minimum absolute atomic E-state index is 0.0115. The molecule has 0 atom stereocenters. The minimum atomic E-state index is -3.22. The van der Waals surface area contributed by atoms with Crippen molar-refractivity contribution in [2.24, 2.45) is 11.3 Å². The molecule has 1 fully saturated rings. The Bertz CT molecular complexity index is 989. The Hall–Kier alpha value is -2.48. The van der Waals surface area contributed by atoms with E-state index < -0.39 is 9.84 Å². The smallest absolute Gasteiger partial charge is 0.232 e. The number of carbonyl (C=O) groups is 1. The number of carbonyl (C=O) groups excluding carboxylic acids is 1. The Morgan fingerprint density at radius 3 is 2.26 bits per heavy atom. The summed E-state index contributed by atoms with van der Waals surface area (Å²) in [6, 6.07) is 6.57. The molecule has 1 aromatic carbocycles. The maximum atomic E-state index is 12.4. The first-order valence-corrected chi connectivity index (χ1v) is 12.4. The highest BCUT2D eigenvalue weighted by Gasteiger charge is 2.26. The molecule has 2 heterocycles. The second kappa shape index (κ2) is 9.34. The van der Waals surface area contributed by atoms with Crippen molar-refractivity contribution >= 4 is 15.7 Å². The Balaban J connectivity index is 1.48. The lowest BCUT2D eigenvalue weighted by molar-refractivity contribution is -0.134. The summed E-state index contributed by atoms with van der Waals surface area (Å²) < 4.78 is 29.0. The van der Waals surface area contributed by atoms with Crippen molar-refractivity contribution in [1.29, 1.82) is 0 Å². The normalized spacial score (nSPS) is 15.7. The van der Waals surface area contributed by atoms with Crippen LogP contribution in [-0.2, 0) is 14.6 Å². The third kappa shape index (κ3) is 6.75. The van der Waals surface area contributed by atoms with E-state index in [1.54, 1.807) is 36.7 Å². The Labute approximate surface area is 184 Å². The molecule has 1 amide bonds. The second-order valence-electron chi connectivity index (χ2n) is 9.41. The third-order valence-electron chi connectivity index (χ3n) is 5.32. The SMILES string of the molecule is CC(C)(C)CC(=O)N1CCC(COc2cnc(-c3ccc(S(C)(=O)=O)cc3)cn2)CC1. The average Bonchev–Trinajstić information content (AvgIpc) is 2.71. The van der Waals surface area contributed by atoms with Crippen LogP contribution in [0.25, 0.3) is 11.3 Å². The van der Waals surface area contributed by atoms with Gasteiger partial charge in [0, 0.05) is 31.3 Å². The van der Waals surface area contributed by atoms with Crippen LogP contribution in [0.3, 0.4) is 0 Å². The summed E-state index contributed by atoms with van der Waals surface area (Å²) in [6.45, 7) is 8.36. The zero-order valence-corrected chi connectivity index (χ0v) is 19.5. The van der Waals surface area contributed by atoms with Gasteiger partial charge in [-0.1, -0.05) is 32.9 Å². The van der Waals surface area contributed by atoms with Gasteiger partial charge in [0.1, 0.15) is 0 Å². The zero-order valence-electron chi connectivity index (χ0n) is 18.7. The van der Waals surface area contributed by atoms with E-state index in [-0.39, 0.29) is 16.2 Å². The van der Waals surface area contributed by atoms with Gasteiger partial charge in [-0.2, -0.15) is 0 Å². The number of ether oxygens (including phenoxy) is 1. The number of rotatable bonds is 6. The number of piperidine rings is 1. The van der Waals surface area contributed by atoms with Crippen LogP contribution in [0.1, 0.15) is 40.0 Å². The van der Waals surface area contributed by atoms with Crippen LogP contribution in [0.5, 0.6) is 5.88 Å². The lowest BCUT2D eigenvalue weighted by Gasteiger charge is -2.33. The van der Waals surface area contributed by atoms with Crippen LogP contribution < -0.4 is 4.74 Å². The topological polar surface area (TPSA) is 89.5 Å². The highest BCUT2D eigenvalue weighted by molar-refractivity contribution is 7.90. The number of aromatic nitrogens is 2. The number of nitrogens with zero attached hydrogens (tertiary/aromatic N) is 3. The lowest BCUT2D eigenvalue weighted by Crippen LogP contribution is -2.41. The van der Waals surface area contributed by atoms with Gasteiger partial charge in [0.15, 0.2) is 9.84 Å². The summed E-state index contributed by atoms with van der Waals surface area (Å²) in [7, 11) is -3.22. The van der Waals surface area contributed by atoms with Crippen LogP contribution in [0, 0.1) is 11.3 Å². The van der Waals surface area contributed by atoms with Crippen molar-refractivity contribution in [2.45, 2.75) is 44.9 Å². The number of hydrogen-bond acceptors (Lipinski definition) is 6. The molecule has 0 unspecified atom stereocenters. The molecule has 3 rings (SSSR count). The highest BCUT2D eigenvalue weighted by Crippen LogP contribution is 2.24. The van der Waals surface area contributed by atoms with Crippen LogP contribution >= 0.6 is 0 Å². The molecule has 31 heavy (non-hydrogen) atoms. The van der Waals surface area contributed by atoms with Crippen molar-refractivity contribution in [2.75, 3.05) is 26.0 Å². The van der Waals surface area contributed by atoms with Crippen molar-refractivity contribution in [1.82, 2.24) is 14.9 Å². The first kappa shape index (κ1) is 23.2. The molecule has 1 saturated heterocycles. The fourth-order valence-corrected chi connectivity index (χ4v) is 4.16. The summed E-state index contributed by atoms with van der Waals surface area (Å²) in [6.07, 6.45) is 6.82. The van der Waals surface area contributed by atoms with E-state index in [1.807, 2.05) is 4.90 Å². The number of hydrogen-bond donors (Lipinski definition) is 0. The van der Waals surface area contributed by atoms with Crippen LogP contribution in [0.4, 0.5) is 0 Å². The van der Waals surface area contributed by atoms with E-state index in [0.29, 0.717) is 30.5 Å². The van der Waals surface area contributed by atoms with E-state index >= 15 is 0 Å². The van der Waals surface area contributed by atoms with Gasteiger partial charge in [0.2, 0.25) is 11.8 Å². The Morgan fingerprint density at radius 1 is 1.10 bits per heavy atom. The fourth-order valence-electron chi connectivity index (χ4n) is 3.53. The van der Waals surface area contributed by atoms with Crippen molar-refractivity contribution < 1.29 is 17.9 Å². The molecule has 168 valence electrons. The summed E-state index contributed by atoms with van der Waals surface area (Å²) in [5.74, 6) is 1.09. The summed E-state index contributed by atoms with van der Waals surface area (Å²) in [5, 5.41) is 0. The number of likely N-dealkylation sites (tertiary alicyclic amines) is 1. The summed E-state index contributed by atoms with van der Waals surface area (Å²) in [5.41, 5.74) is 1.45. The molecular weight excluding hydrogens is 414 g/mol. The van der Waals surface area contributed by atoms with Gasteiger partial charge >= 0.3 is 0 Å². The molecule has 0 bridgehead atoms. The molecule has 0 N–H and O–H groups in total. The number of amides is 1. The number of benzene rings is 1. The molecule has 1 aliphatic heterocycles. The van der Waals surface area contributed by atoms with Gasteiger partial charge in [-0.15, -0.1) is 0 Å². The standard InChI is InChI=1S/C23H31N3O4S/c1-23(2,3)13-22(27)26-11-9-17(10-12-26)16-30-21-15-24-20(14-25-21)18-5-7-19(8-6-18)31(4,28)29/h5-8,14-15,17H,9-13,16H2,1-4H3. The van der Waals surface area contributed by atoms with Gasteiger partial charge in [0.05, 0.1) is 29.6 Å². The summed E-state index contributed by atoms with van der Waals surface area (Å²) >= 11 is 0. The van der Waals surface area contributed by atoms with Crippen molar-refractivity contribution in [3.05, 3.63) is 36.7 Å². The van der Waals surface area contributed by atoms with Gasteiger partial charge in [-0.05, 0) is 36.3 Å². The fraction of sp³-hybridized carbons (Fsp3) is 0.522. The predicted molar refractivity (Wildman–Crippen MR) is 119 cm³/mol. The monoisotopic (exact) mass is 445 g/mol. The Kier molecular flexibility index (Phi) is 6.99. The quantitative estimate of drug-likeness (QED) is 0.675. The van der Waals surface area contributed by atoms with Gasteiger partial charge < -0.3 is 9.64 Å². The van der Waals surface area contributed by atoms with Crippen LogP contribution in [0.15, 0.2) is 41.6 Å². The molecule has 2 aromatic rings. The largest absolute Gasteiger partial charge is 0.476 e. The molecule has 0 spiro atoms. The Morgan fingerprint density at radius 2 is 1.74 bits per heavy atom. The predicted octanol–water partition coefficient (Wildman–Crippen LogP) is 3.60. The van der Waals surface area contributed by atoms with E-state index in [2.05, 4.69) is 30.7 Å². The lowest BCUT2D eigenvalue weighted by atomic mass is 9.90. The maximum Gasteiger partial charge on any atom is 0.232 e. The van der Waals surface area contributed by atoms with Gasteiger partial charge in [-0.25, -0.2) is 18.4 Å². The highest BCUT2D eigenvalue weighted by atomic mass is 32.2. The molecule has 0 radical (unpaired) electrons. The third-order valence-corrected chi connectivity index (χ3v) is 6.45. The number of sulfone groups is 1. The minimum Gasteiger partial charge on any atom is -0.476 e. The summed E-state index contributed by atoms with van der Waals surface area (Å²) in [4.78, 5) is 23.3. The zero-order chi connectivity index (χ0) is 22.6. The van der Waals surface area contributed by atoms with Gasteiger partial charge in [0.25, 0.3) is 0 Å². The van der Waals surface area contributed by atoms with Gasteiger partial charge in [-0.3, -0.25) is 4.79 Å². The molecule has 0 saturated carbocycles. The molecule has 8 heteroatoms. The first-order valence-electron chi connectivity index (χ1n) is 10.5.